The molecule has 2 atom stereocenters. The van der Waals surface area contributed by atoms with Crippen molar-refractivity contribution < 1.29 is 14.3 Å². The Balaban J connectivity index is 1.95. The third kappa shape index (κ3) is 4.73. The predicted octanol–water partition coefficient (Wildman–Crippen LogP) is 1.25. The Kier molecular flexibility index (Phi) is 5.77. The van der Waals surface area contributed by atoms with E-state index in [1.165, 1.54) is 0 Å². The van der Waals surface area contributed by atoms with Gasteiger partial charge in [0.2, 0.25) is 5.91 Å². The summed E-state index contributed by atoms with van der Waals surface area (Å²) in [5.74, 6) is 0.277. The highest BCUT2D eigenvalue weighted by Gasteiger charge is 2.21. The highest BCUT2D eigenvalue weighted by molar-refractivity contribution is 5.78. The molecule has 0 bridgehead atoms. The van der Waals surface area contributed by atoms with Crippen molar-refractivity contribution in [3.8, 4) is 0 Å². The molecule has 0 aliphatic carbocycles. The van der Waals surface area contributed by atoms with Gasteiger partial charge >= 0.3 is 6.03 Å². The van der Waals surface area contributed by atoms with Crippen molar-refractivity contribution in [3.05, 3.63) is 35.4 Å². The fourth-order valence-electron chi connectivity index (χ4n) is 2.65. The maximum Gasteiger partial charge on any atom is 0.312 e. The minimum absolute atomic E-state index is 0.103. The normalized spacial score (nSPS) is 18.7. The Morgan fingerprint density at radius 3 is 2.82 bits per heavy atom. The van der Waals surface area contributed by atoms with Crippen LogP contribution in [-0.2, 0) is 9.53 Å². The van der Waals surface area contributed by atoms with E-state index in [0.29, 0.717) is 19.1 Å². The molecule has 2 unspecified atom stereocenters. The van der Waals surface area contributed by atoms with E-state index in [9.17, 15) is 9.59 Å². The zero-order chi connectivity index (χ0) is 15.9. The van der Waals surface area contributed by atoms with Crippen molar-refractivity contribution >= 4 is 11.9 Å². The highest BCUT2D eigenvalue weighted by Crippen LogP contribution is 2.20. The zero-order valence-corrected chi connectivity index (χ0v) is 12.8. The molecule has 1 saturated heterocycles. The van der Waals surface area contributed by atoms with Gasteiger partial charge in [-0.25, -0.2) is 4.79 Å². The third-order valence-electron chi connectivity index (χ3n) is 3.88. The second-order valence-corrected chi connectivity index (χ2v) is 5.66. The maximum atomic E-state index is 12.1. The molecule has 2 rings (SSSR count). The molecular weight excluding hydrogens is 282 g/mol. The molecule has 0 aromatic heterocycles. The largest absolute Gasteiger partial charge is 0.381 e. The van der Waals surface area contributed by atoms with Gasteiger partial charge < -0.3 is 21.1 Å². The van der Waals surface area contributed by atoms with Gasteiger partial charge in [-0.2, -0.15) is 0 Å². The lowest BCUT2D eigenvalue weighted by atomic mass is 9.98. The number of urea groups is 1. The standard InChI is InChI=1S/C16H23N3O3/c1-11-4-2-3-5-13(11)14(19-16(17)21)8-15(20)18-9-12-6-7-22-10-12/h2-5,12,14H,6-10H2,1H3,(H,18,20)(H3,17,19,21). The molecule has 0 radical (unpaired) electrons. The molecule has 0 spiro atoms. The summed E-state index contributed by atoms with van der Waals surface area (Å²) in [6.45, 7) is 4.01. The van der Waals surface area contributed by atoms with Gasteiger partial charge in [0.15, 0.2) is 0 Å². The number of carbonyl (C=O) groups is 2. The van der Waals surface area contributed by atoms with E-state index in [1.807, 2.05) is 31.2 Å². The van der Waals surface area contributed by atoms with Crippen molar-refractivity contribution in [3.63, 3.8) is 0 Å². The minimum Gasteiger partial charge on any atom is -0.381 e. The Bertz CT molecular complexity index is 527. The summed E-state index contributed by atoms with van der Waals surface area (Å²) in [7, 11) is 0. The number of primary amides is 1. The van der Waals surface area contributed by atoms with Crippen LogP contribution in [0.4, 0.5) is 4.79 Å². The third-order valence-corrected chi connectivity index (χ3v) is 3.88. The van der Waals surface area contributed by atoms with E-state index in [4.69, 9.17) is 10.5 Å². The smallest absolute Gasteiger partial charge is 0.312 e. The maximum absolute atomic E-state index is 12.1. The molecule has 1 aromatic rings. The lowest BCUT2D eigenvalue weighted by Crippen LogP contribution is -2.38. The van der Waals surface area contributed by atoms with Gasteiger partial charge in [-0.3, -0.25) is 4.79 Å². The number of carbonyl (C=O) groups excluding carboxylic acids is 2. The van der Waals surface area contributed by atoms with Gasteiger partial charge in [0, 0.05) is 19.1 Å². The molecule has 6 heteroatoms. The van der Waals surface area contributed by atoms with Crippen LogP contribution >= 0.6 is 0 Å². The first-order valence-electron chi connectivity index (χ1n) is 7.52. The Hall–Kier alpha value is -2.08. The number of hydrogen-bond acceptors (Lipinski definition) is 3. The molecule has 0 saturated carbocycles. The molecule has 1 aliphatic rings. The first-order chi connectivity index (χ1) is 10.6. The SMILES string of the molecule is Cc1ccccc1C(CC(=O)NCC1CCOC1)NC(N)=O. The highest BCUT2D eigenvalue weighted by atomic mass is 16.5. The fourth-order valence-corrected chi connectivity index (χ4v) is 2.65. The number of amides is 3. The average Bonchev–Trinajstić information content (AvgIpc) is 2.98. The van der Waals surface area contributed by atoms with Crippen LogP contribution in [0.1, 0.15) is 30.0 Å². The Morgan fingerprint density at radius 2 is 2.18 bits per heavy atom. The first kappa shape index (κ1) is 16.3. The molecule has 1 heterocycles. The lowest BCUT2D eigenvalue weighted by molar-refractivity contribution is -0.121. The Morgan fingerprint density at radius 1 is 1.41 bits per heavy atom. The summed E-state index contributed by atoms with van der Waals surface area (Å²) < 4.78 is 5.28. The zero-order valence-electron chi connectivity index (χ0n) is 12.8. The first-order valence-corrected chi connectivity index (χ1v) is 7.52. The van der Waals surface area contributed by atoms with Gasteiger partial charge in [-0.1, -0.05) is 24.3 Å². The van der Waals surface area contributed by atoms with Crippen LogP contribution < -0.4 is 16.4 Å². The summed E-state index contributed by atoms with van der Waals surface area (Å²) in [5, 5.41) is 5.56. The van der Waals surface area contributed by atoms with Crippen molar-refractivity contribution in [2.45, 2.75) is 25.8 Å². The Labute approximate surface area is 130 Å². The summed E-state index contributed by atoms with van der Waals surface area (Å²) in [6.07, 6.45) is 1.14. The van der Waals surface area contributed by atoms with E-state index >= 15 is 0 Å². The minimum atomic E-state index is -0.634. The van der Waals surface area contributed by atoms with Crippen molar-refractivity contribution in [1.82, 2.24) is 10.6 Å². The van der Waals surface area contributed by atoms with Crippen LogP contribution in [0.5, 0.6) is 0 Å². The van der Waals surface area contributed by atoms with E-state index in [0.717, 1.165) is 24.2 Å². The fraction of sp³-hybridized carbons (Fsp3) is 0.500. The van der Waals surface area contributed by atoms with E-state index in [-0.39, 0.29) is 12.3 Å². The molecule has 1 aromatic carbocycles. The predicted molar refractivity (Wildman–Crippen MR) is 83.2 cm³/mol. The van der Waals surface area contributed by atoms with E-state index < -0.39 is 12.1 Å². The quantitative estimate of drug-likeness (QED) is 0.738. The number of benzene rings is 1. The van der Waals surface area contributed by atoms with Gasteiger partial charge in [0.1, 0.15) is 0 Å². The second-order valence-electron chi connectivity index (χ2n) is 5.66. The van der Waals surface area contributed by atoms with Crippen molar-refractivity contribution in [1.29, 1.82) is 0 Å². The molecule has 1 fully saturated rings. The van der Waals surface area contributed by atoms with Crippen LogP contribution in [0.25, 0.3) is 0 Å². The molecule has 6 nitrogen and oxygen atoms in total. The number of nitrogens with two attached hydrogens (primary N) is 1. The number of nitrogens with one attached hydrogen (secondary N) is 2. The number of aryl methyl sites for hydroxylation is 1. The molecule has 3 amide bonds. The molecule has 22 heavy (non-hydrogen) atoms. The number of ether oxygens (including phenoxy) is 1. The van der Waals surface area contributed by atoms with Crippen LogP contribution in [0.15, 0.2) is 24.3 Å². The van der Waals surface area contributed by atoms with Gasteiger partial charge in [0.05, 0.1) is 19.1 Å². The molecule has 1 aliphatic heterocycles. The molecular formula is C16H23N3O3. The van der Waals surface area contributed by atoms with Gasteiger partial charge in [-0.05, 0) is 24.5 Å². The van der Waals surface area contributed by atoms with Crippen LogP contribution in [0.2, 0.25) is 0 Å². The lowest BCUT2D eigenvalue weighted by Gasteiger charge is -2.20. The number of hydrogen-bond donors (Lipinski definition) is 3. The molecule has 120 valence electrons. The summed E-state index contributed by atoms with van der Waals surface area (Å²) >= 11 is 0. The van der Waals surface area contributed by atoms with E-state index in [1.54, 1.807) is 0 Å². The second kappa shape index (κ2) is 7.79. The summed E-state index contributed by atoms with van der Waals surface area (Å²) in [4.78, 5) is 23.3. The monoisotopic (exact) mass is 305 g/mol. The van der Waals surface area contributed by atoms with Gasteiger partial charge in [-0.15, -0.1) is 0 Å². The summed E-state index contributed by atoms with van der Waals surface area (Å²) in [5.41, 5.74) is 7.15. The molecule has 4 N–H and O–H groups in total. The van der Waals surface area contributed by atoms with Crippen molar-refractivity contribution in [2.24, 2.45) is 11.7 Å². The van der Waals surface area contributed by atoms with Crippen LogP contribution in [0, 0.1) is 12.8 Å². The van der Waals surface area contributed by atoms with Crippen LogP contribution in [-0.4, -0.2) is 31.7 Å². The van der Waals surface area contributed by atoms with E-state index in [2.05, 4.69) is 10.6 Å². The van der Waals surface area contributed by atoms with Crippen LogP contribution in [0.3, 0.4) is 0 Å². The summed E-state index contributed by atoms with van der Waals surface area (Å²) in [6, 6.07) is 6.59. The topological polar surface area (TPSA) is 93.4 Å². The van der Waals surface area contributed by atoms with Crippen molar-refractivity contribution in [2.75, 3.05) is 19.8 Å². The number of rotatable bonds is 6. The van der Waals surface area contributed by atoms with Gasteiger partial charge in [0.25, 0.3) is 0 Å². The average molecular weight is 305 g/mol.